The van der Waals surface area contributed by atoms with Crippen molar-refractivity contribution in [3.63, 3.8) is 0 Å². The van der Waals surface area contributed by atoms with Crippen molar-refractivity contribution in [3.05, 3.63) is 28.2 Å². The molecule has 1 amide bonds. The molecule has 0 heterocycles. The highest BCUT2D eigenvalue weighted by Gasteiger charge is 2.26. The van der Waals surface area contributed by atoms with Crippen LogP contribution in [-0.4, -0.2) is 39.4 Å². The van der Waals surface area contributed by atoms with Crippen LogP contribution in [0.5, 0.6) is 0 Å². The van der Waals surface area contributed by atoms with Crippen molar-refractivity contribution in [2.45, 2.75) is 17.9 Å². The van der Waals surface area contributed by atoms with Crippen LogP contribution < -0.4 is 4.72 Å². The minimum absolute atomic E-state index is 0.00417. The number of rotatable bonds is 4. The number of benzene rings is 1. The van der Waals surface area contributed by atoms with Crippen molar-refractivity contribution in [1.29, 1.82) is 0 Å². The first-order valence-electron chi connectivity index (χ1n) is 5.34. The highest BCUT2D eigenvalue weighted by molar-refractivity contribution is 7.89. The van der Waals surface area contributed by atoms with Crippen LogP contribution >= 0.6 is 23.2 Å². The smallest absolute Gasteiger partial charge is 0.244 e. The molecule has 0 aliphatic heterocycles. The molecule has 1 unspecified atom stereocenters. The fourth-order valence-electron chi connectivity index (χ4n) is 1.47. The van der Waals surface area contributed by atoms with Crippen LogP contribution in [0.3, 0.4) is 0 Å². The van der Waals surface area contributed by atoms with Crippen molar-refractivity contribution in [3.8, 4) is 0 Å². The first-order chi connectivity index (χ1) is 8.66. The molecule has 0 aliphatic carbocycles. The van der Waals surface area contributed by atoms with E-state index in [2.05, 4.69) is 4.72 Å². The van der Waals surface area contributed by atoms with Gasteiger partial charge in [0, 0.05) is 14.1 Å². The van der Waals surface area contributed by atoms with Gasteiger partial charge in [-0.15, -0.1) is 0 Å². The van der Waals surface area contributed by atoms with Gasteiger partial charge in [-0.1, -0.05) is 29.3 Å². The number of carbonyl (C=O) groups excluding carboxylic acids is 1. The minimum atomic E-state index is -3.96. The maximum Gasteiger partial charge on any atom is 0.244 e. The summed E-state index contributed by atoms with van der Waals surface area (Å²) in [6.45, 7) is 1.45. The quantitative estimate of drug-likeness (QED) is 0.917. The number of halogens is 2. The largest absolute Gasteiger partial charge is 0.347 e. The Morgan fingerprint density at radius 3 is 2.16 bits per heavy atom. The van der Waals surface area contributed by atoms with Crippen LogP contribution in [0.25, 0.3) is 0 Å². The fraction of sp³-hybridized carbons (Fsp3) is 0.364. The SMILES string of the molecule is CC(NS(=O)(=O)c1c(Cl)cccc1Cl)C(=O)N(C)C. The second kappa shape index (κ2) is 6.09. The van der Waals surface area contributed by atoms with E-state index in [9.17, 15) is 13.2 Å². The zero-order valence-corrected chi connectivity index (χ0v) is 13.0. The number of hydrogen-bond acceptors (Lipinski definition) is 3. The molecule has 5 nitrogen and oxygen atoms in total. The maximum atomic E-state index is 12.2. The van der Waals surface area contributed by atoms with E-state index in [1.807, 2.05) is 0 Å². The lowest BCUT2D eigenvalue weighted by Gasteiger charge is -2.18. The van der Waals surface area contributed by atoms with Gasteiger partial charge in [-0.2, -0.15) is 4.72 Å². The second-order valence-electron chi connectivity index (χ2n) is 4.13. The molecule has 8 heteroatoms. The lowest BCUT2D eigenvalue weighted by Crippen LogP contribution is -2.44. The summed E-state index contributed by atoms with van der Waals surface area (Å²) in [5, 5.41) is 0.00834. The molecule has 0 fully saturated rings. The van der Waals surface area contributed by atoms with Crippen molar-refractivity contribution < 1.29 is 13.2 Å². The van der Waals surface area contributed by atoms with Gasteiger partial charge in [-0.05, 0) is 19.1 Å². The molecule has 0 spiro atoms. The Bertz CT molecular complexity index is 567. The van der Waals surface area contributed by atoms with Crippen LogP contribution in [0.4, 0.5) is 0 Å². The normalized spacial score (nSPS) is 13.1. The minimum Gasteiger partial charge on any atom is -0.347 e. The summed E-state index contributed by atoms with van der Waals surface area (Å²) < 4.78 is 26.6. The Morgan fingerprint density at radius 1 is 1.26 bits per heavy atom. The first kappa shape index (κ1) is 16.2. The molecule has 0 aliphatic rings. The van der Waals surface area contributed by atoms with Crippen molar-refractivity contribution in [2.24, 2.45) is 0 Å². The van der Waals surface area contributed by atoms with E-state index in [4.69, 9.17) is 23.2 Å². The average Bonchev–Trinajstić information content (AvgIpc) is 2.26. The third kappa shape index (κ3) is 3.82. The predicted molar refractivity (Wildman–Crippen MR) is 74.9 cm³/mol. The van der Waals surface area contributed by atoms with Crippen molar-refractivity contribution in [2.75, 3.05) is 14.1 Å². The molecule has 19 heavy (non-hydrogen) atoms. The zero-order chi connectivity index (χ0) is 14.8. The zero-order valence-electron chi connectivity index (χ0n) is 10.6. The number of amides is 1. The Kier molecular flexibility index (Phi) is 5.20. The summed E-state index contributed by atoms with van der Waals surface area (Å²) >= 11 is 11.7. The Morgan fingerprint density at radius 2 is 1.74 bits per heavy atom. The van der Waals surface area contributed by atoms with E-state index < -0.39 is 16.1 Å². The Hall–Kier alpha value is -0.820. The number of hydrogen-bond donors (Lipinski definition) is 1. The Balaban J connectivity index is 3.10. The van der Waals surface area contributed by atoms with E-state index in [1.54, 1.807) is 0 Å². The molecule has 1 aromatic carbocycles. The first-order valence-corrected chi connectivity index (χ1v) is 7.58. The molecule has 1 N–H and O–H groups in total. The van der Waals surface area contributed by atoms with Crippen molar-refractivity contribution >= 4 is 39.1 Å². The molecular formula is C11H14Cl2N2O3S. The molecule has 0 saturated carbocycles. The van der Waals surface area contributed by atoms with Gasteiger partial charge < -0.3 is 4.90 Å². The van der Waals surface area contributed by atoms with Gasteiger partial charge in [0.1, 0.15) is 4.90 Å². The van der Waals surface area contributed by atoms with Crippen molar-refractivity contribution in [1.82, 2.24) is 9.62 Å². The van der Waals surface area contributed by atoms with Gasteiger partial charge in [0.25, 0.3) is 0 Å². The summed E-state index contributed by atoms with van der Waals surface area (Å²) in [5.74, 6) is -0.369. The van der Waals surface area contributed by atoms with Crippen LogP contribution in [0, 0.1) is 0 Å². The molecule has 1 rings (SSSR count). The number of sulfonamides is 1. The van der Waals surface area contributed by atoms with Gasteiger partial charge in [0.05, 0.1) is 16.1 Å². The third-order valence-corrected chi connectivity index (χ3v) is 4.83. The topological polar surface area (TPSA) is 66.5 Å². The number of carbonyl (C=O) groups is 1. The molecule has 0 radical (unpaired) electrons. The highest BCUT2D eigenvalue weighted by Crippen LogP contribution is 2.28. The van der Waals surface area contributed by atoms with Gasteiger partial charge in [0.15, 0.2) is 0 Å². The summed E-state index contributed by atoms with van der Waals surface area (Å²) in [6.07, 6.45) is 0. The van der Waals surface area contributed by atoms with Crippen LogP contribution in [-0.2, 0) is 14.8 Å². The molecule has 0 saturated heterocycles. The van der Waals surface area contributed by atoms with Gasteiger partial charge in [-0.3, -0.25) is 4.79 Å². The van der Waals surface area contributed by atoms with Crippen LogP contribution in [0.15, 0.2) is 23.1 Å². The lowest BCUT2D eigenvalue weighted by molar-refractivity contribution is -0.130. The Labute approximate surface area is 122 Å². The summed E-state index contributed by atoms with van der Waals surface area (Å²) in [6, 6.07) is 3.46. The molecule has 1 aromatic rings. The molecule has 106 valence electrons. The summed E-state index contributed by atoms with van der Waals surface area (Å²) in [7, 11) is -0.886. The molecule has 1 atom stereocenters. The molecule has 0 aromatic heterocycles. The van der Waals surface area contributed by atoms with Gasteiger partial charge in [0.2, 0.25) is 15.9 Å². The maximum absolute atomic E-state index is 12.2. The van der Waals surface area contributed by atoms with Gasteiger partial charge in [-0.25, -0.2) is 8.42 Å². The number of nitrogens with zero attached hydrogens (tertiary/aromatic N) is 1. The molecule has 0 bridgehead atoms. The standard InChI is InChI=1S/C11H14Cl2N2O3S/c1-7(11(16)15(2)3)14-19(17,18)10-8(12)5-4-6-9(10)13/h4-7,14H,1-3H3. The highest BCUT2D eigenvalue weighted by atomic mass is 35.5. The fourth-order valence-corrected chi connectivity index (χ4v) is 3.81. The number of nitrogens with one attached hydrogen (secondary N) is 1. The number of likely N-dealkylation sites (N-methyl/N-ethyl adjacent to an activating group) is 1. The van der Waals surface area contributed by atoms with Crippen LogP contribution in [0.1, 0.15) is 6.92 Å². The lowest BCUT2D eigenvalue weighted by atomic mass is 10.3. The van der Waals surface area contributed by atoms with Gasteiger partial charge >= 0.3 is 0 Å². The second-order valence-corrected chi connectivity index (χ2v) is 6.59. The predicted octanol–water partition coefficient (Wildman–Crippen LogP) is 1.75. The summed E-state index contributed by atoms with van der Waals surface area (Å²) in [5.41, 5.74) is 0. The average molecular weight is 325 g/mol. The third-order valence-electron chi connectivity index (χ3n) is 2.33. The van der Waals surface area contributed by atoms with E-state index in [1.165, 1.54) is 44.1 Å². The van der Waals surface area contributed by atoms with E-state index in [0.717, 1.165) is 0 Å². The van der Waals surface area contributed by atoms with E-state index >= 15 is 0 Å². The van der Waals surface area contributed by atoms with E-state index in [-0.39, 0.29) is 20.8 Å². The summed E-state index contributed by atoms with van der Waals surface area (Å²) in [4.78, 5) is 12.7. The van der Waals surface area contributed by atoms with Crippen LogP contribution in [0.2, 0.25) is 10.0 Å². The monoisotopic (exact) mass is 324 g/mol. The van der Waals surface area contributed by atoms with E-state index in [0.29, 0.717) is 0 Å². The molecular weight excluding hydrogens is 311 g/mol.